The third kappa shape index (κ3) is 31.1. The zero-order valence-electron chi connectivity index (χ0n) is 24.0. The zero-order chi connectivity index (χ0) is 34.2. The number of aliphatic carboxylic acids is 5. The number of amides is 1. The molecule has 1 saturated heterocycles. The zero-order valence-corrected chi connectivity index (χ0v) is 24.0. The summed E-state index contributed by atoms with van der Waals surface area (Å²) >= 11 is 0. The van der Waals surface area contributed by atoms with Gasteiger partial charge in [-0.2, -0.15) is 0 Å². The second-order valence-electron chi connectivity index (χ2n) is 9.24. The highest BCUT2D eigenvalue weighted by molar-refractivity contribution is 5.77. The molecule has 0 bridgehead atoms. The third-order valence-electron chi connectivity index (χ3n) is 4.74. The number of carboxylic acid groups (broad SMARTS) is 5. The summed E-state index contributed by atoms with van der Waals surface area (Å²) in [7, 11) is 0. The van der Waals surface area contributed by atoms with E-state index in [-0.39, 0.29) is 18.9 Å². The van der Waals surface area contributed by atoms with Crippen LogP contribution in [0.25, 0.3) is 0 Å². The molecule has 0 radical (unpaired) electrons. The molecule has 42 heavy (non-hydrogen) atoms. The van der Waals surface area contributed by atoms with E-state index in [9.17, 15) is 28.8 Å². The van der Waals surface area contributed by atoms with Gasteiger partial charge in [0.25, 0.3) is 0 Å². The van der Waals surface area contributed by atoms with E-state index in [1.807, 2.05) is 13.8 Å². The predicted octanol–water partition coefficient (Wildman–Crippen LogP) is -3.90. The summed E-state index contributed by atoms with van der Waals surface area (Å²) in [6.45, 7) is 5.58. The first kappa shape index (κ1) is 45.5. The van der Waals surface area contributed by atoms with Crippen LogP contribution in [0.15, 0.2) is 0 Å². The van der Waals surface area contributed by atoms with Gasteiger partial charge in [0, 0.05) is 6.42 Å². The molecule has 1 aliphatic rings. The van der Waals surface area contributed by atoms with Gasteiger partial charge in [0.05, 0.1) is 12.7 Å². The standard InChI is InChI=1S/C6H13NO2.C5H10N2O3.C5H9NO2.C4H9NO3.C3H7NO3/c1-4(2)3-5(7)6(8)9;6-3(5(9)10)1-2-4(7)8;7-5(8)4-2-1-3-6-4;1-2(6)3(5)4(7)8;4-2(1-5)3(6)7/h4-5H,3,7H2,1-2H3,(H,8,9);3H,1-2,6H2,(H2,7,8)(H,9,10);4,6H,1-3H2,(H,7,8);2-3,6H,5H2,1H3,(H,7,8);2,5H,1,4H2,(H,6,7)/t;;4-;;/m..0../s1. The third-order valence-corrected chi connectivity index (χ3v) is 4.74. The molecule has 0 aromatic carbocycles. The Labute approximate surface area is 243 Å². The van der Waals surface area contributed by atoms with E-state index in [1.54, 1.807) is 0 Å². The van der Waals surface area contributed by atoms with Crippen molar-refractivity contribution in [2.75, 3.05) is 13.2 Å². The van der Waals surface area contributed by atoms with Gasteiger partial charge in [-0.25, -0.2) is 0 Å². The molecule has 1 heterocycles. The number of hydrogen-bond acceptors (Lipinski definition) is 13. The second-order valence-corrected chi connectivity index (χ2v) is 9.24. The van der Waals surface area contributed by atoms with E-state index in [4.69, 9.17) is 64.4 Å². The molecule has 6 atom stereocenters. The Morgan fingerprint density at radius 1 is 0.786 bits per heavy atom. The summed E-state index contributed by atoms with van der Waals surface area (Å²) in [4.78, 5) is 59.9. The van der Waals surface area contributed by atoms with Crippen LogP contribution in [0.5, 0.6) is 0 Å². The minimum atomic E-state index is -1.18. The summed E-state index contributed by atoms with van der Waals surface area (Å²) in [5.74, 6) is -5.28. The molecule has 0 spiro atoms. The van der Waals surface area contributed by atoms with Crippen molar-refractivity contribution >= 4 is 35.8 Å². The second kappa shape index (κ2) is 26.4. The van der Waals surface area contributed by atoms with Crippen LogP contribution in [-0.4, -0.2) is 121 Å². The van der Waals surface area contributed by atoms with E-state index >= 15 is 0 Å². The van der Waals surface area contributed by atoms with E-state index in [0.29, 0.717) is 12.3 Å². The quantitative estimate of drug-likeness (QED) is 0.0995. The van der Waals surface area contributed by atoms with Crippen molar-refractivity contribution in [3.8, 4) is 0 Å². The van der Waals surface area contributed by atoms with Gasteiger partial charge in [-0.05, 0) is 45.1 Å². The lowest BCUT2D eigenvalue weighted by molar-refractivity contribution is -0.141. The number of carbonyl (C=O) groups is 6. The number of carboxylic acids is 5. The maximum atomic E-state index is 10.1. The molecule has 1 fully saturated rings. The summed E-state index contributed by atoms with van der Waals surface area (Å²) in [6, 6.07) is -4.22. The Balaban J connectivity index is -0.000000216. The van der Waals surface area contributed by atoms with E-state index in [2.05, 4.69) is 5.32 Å². The minimum Gasteiger partial charge on any atom is -0.480 e. The van der Waals surface area contributed by atoms with E-state index < -0.39 is 72.6 Å². The van der Waals surface area contributed by atoms with Crippen LogP contribution in [0.3, 0.4) is 0 Å². The first-order valence-corrected chi connectivity index (χ1v) is 12.6. The van der Waals surface area contributed by atoms with Crippen LogP contribution in [0.2, 0.25) is 0 Å². The minimum absolute atomic E-state index is 0.0213. The Morgan fingerprint density at radius 3 is 1.38 bits per heavy atom. The highest BCUT2D eigenvalue weighted by Gasteiger charge is 2.20. The van der Waals surface area contributed by atoms with Crippen LogP contribution in [0.4, 0.5) is 0 Å². The van der Waals surface area contributed by atoms with Gasteiger partial charge in [-0.15, -0.1) is 0 Å². The molecular formula is C23H48N6O13. The summed E-state index contributed by atoms with van der Waals surface area (Å²) < 4.78 is 0. The molecule has 0 aromatic heterocycles. The summed E-state index contributed by atoms with van der Waals surface area (Å²) in [5.41, 5.74) is 24.7. The fourth-order valence-corrected chi connectivity index (χ4v) is 2.21. The van der Waals surface area contributed by atoms with Crippen molar-refractivity contribution in [2.45, 2.75) is 89.2 Å². The van der Waals surface area contributed by atoms with Gasteiger partial charge in [-0.1, -0.05) is 13.8 Å². The van der Waals surface area contributed by atoms with Gasteiger partial charge in [-0.3, -0.25) is 28.8 Å². The first-order valence-electron chi connectivity index (χ1n) is 12.6. The van der Waals surface area contributed by atoms with Gasteiger partial charge < -0.3 is 69.7 Å². The number of hydrogen-bond donors (Lipinski definition) is 13. The molecule has 5 unspecified atom stereocenters. The summed E-state index contributed by atoms with van der Waals surface area (Å²) in [5, 5.41) is 60.2. The monoisotopic (exact) mass is 616 g/mol. The van der Waals surface area contributed by atoms with Gasteiger partial charge in [0.15, 0.2) is 0 Å². The molecular weight excluding hydrogens is 568 g/mol. The average Bonchev–Trinajstić information content (AvgIpc) is 3.42. The highest BCUT2D eigenvalue weighted by Crippen LogP contribution is 2.03. The van der Waals surface area contributed by atoms with Crippen molar-refractivity contribution in [2.24, 2.45) is 34.6 Å². The Kier molecular flexibility index (Phi) is 28.7. The lowest BCUT2D eigenvalue weighted by Crippen LogP contribution is -2.39. The number of carbonyl (C=O) groups excluding carboxylic acids is 1. The van der Waals surface area contributed by atoms with Gasteiger partial charge >= 0.3 is 29.8 Å². The molecule has 0 saturated carbocycles. The molecule has 19 heteroatoms. The normalized spacial score (nSPS) is 16.9. The van der Waals surface area contributed by atoms with Crippen LogP contribution in [0, 0.1) is 5.92 Å². The summed E-state index contributed by atoms with van der Waals surface area (Å²) in [6.07, 6.45) is 1.48. The van der Waals surface area contributed by atoms with E-state index in [1.165, 1.54) is 6.92 Å². The van der Waals surface area contributed by atoms with Crippen LogP contribution in [0.1, 0.15) is 52.9 Å². The van der Waals surface area contributed by atoms with Crippen LogP contribution in [-0.2, 0) is 28.8 Å². The first-order chi connectivity index (χ1) is 19.1. The number of nitrogens with two attached hydrogens (primary N) is 5. The lowest BCUT2D eigenvalue weighted by Gasteiger charge is -2.07. The van der Waals surface area contributed by atoms with Gasteiger partial charge in [0.2, 0.25) is 5.91 Å². The van der Waals surface area contributed by atoms with Crippen molar-refractivity contribution < 1.29 is 64.5 Å². The molecule has 1 amide bonds. The predicted molar refractivity (Wildman–Crippen MR) is 148 cm³/mol. The highest BCUT2D eigenvalue weighted by atomic mass is 16.4. The molecule has 19 nitrogen and oxygen atoms in total. The maximum absolute atomic E-state index is 10.1. The molecule has 0 aromatic rings. The fraction of sp³-hybridized carbons (Fsp3) is 0.739. The number of aliphatic hydroxyl groups is 2. The Hall–Kier alpha value is -3.46. The SMILES string of the molecule is CC(C)CC(N)C(=O)O.CC(O)C(N)C(=O)O.NC(=O)CCC(N)C(=O)O.NC(CO)C(=O)O.O=C(O)[C@@H]1CCCN1. The lowest BCUT2D eigenvalue weighted by atomic mass is 10.1. The van der Waals surface area contributed by atoms with Gasteiger partial charge in [0.1, 0.15) is 30.2 Å². The Bertz CT molecular complexity index is 796. The Morgan fingerprint density at radius 2 is 1.24 bits per heavy atom. The topological polar surface area (TPSA) is 386 Å². The van der Waals surface area contributed by atoms with Crippen molar-refractivity contribution in [1.82, 2.24) is 5.32 Å². The number of rotatable bonds is 12. The van der Waals surface area contributed by atoms with Crippen LogP contribution >= 0.6 is 0 Å². The average molecular weight is 617 g/mol. The molecule has 248 valence electrons. The maximum Gasteiger partial charge on any atom is 0.323 e. The smallest absolute Gasteiger partial charge is 0.323 e. The molecule has 18 N–H and O–H groups in total. The molecule has 0 aliphatic carbocycles. The number of nitrogens with one attached hydrogen (secondary N) is 1. The fourth-order valence-electron chi connectivity index (χ4n) is 2.21. The van der Waals surface area contributed by atoms with Crippen molar-refractivity contribution in [3.05, 3.63) is 0 Å². The van der Waals surface area contributed by atoms with Crippen LogP contribution < -0.4 is 34.0 Å². The largest absolute Gasteiger partial charge is 0.480 e. The van der Waals surface area contributed by atoms with Crippen molar-refractivity contribution in [1.29, 1.82) is 0 Å². The van der Waals surface area contributed by atoms with E-state index in [0.717, 1.165) is 19.4 Å². The number of primary amides is 1. The van der Waals surface area contributed by atoms with Crippen molar-refractivity contribution in [3.63, 3.8) is 0 Å². The molecule has 1 rings (SSSR count). The number of aliphatic hydroxyl groups excluding tert-OH is 2. The molecule has 1 aliphatic heterocycles.